The molecule has 7 nitrogen and oxygen atoms in total. The number of rotatable bonds is 5. The Morgan fingerprint density at radius 1 is 1.36 bits per heavy atom. The van der Waals surface area contributed by atoms with E-state index >= 15 is 0 Å². The number of thioether (sulfide) groups is 1. The highest BCUT2D eigenvalue weighted by Crippen LogP contribution is 2.32. The van der Waals surface area contributed by atoms with Gasteiger partial charge in [-0.1, -0.05) is 30.0 Å². The molecule has 25 heavy (non-hydrogen) atoms. The van der Waals surface area contributed by atoms with Gasteiger partial charge < -0.3 is 15.3 Å². The van der Waals surface area contributed by atoms with Crippen LogP contribution in [0.15, 0.2) is 57.7 Å². The first-order valence-corrected chi connectivity index (χ1v) is 8.51. The van der Waals surface area contributed by atoms with E-state index in [1.807, 2.05) is 13.0 Å². The fraction of sp³-hybridized carbons (Fsp3) is 0.176. The molecule has 2 heterocycles. The number of aromatic amines is 1. The highest BCUT2D eigenvalue weighted by atomic mass is 32.2. The molecule has 0 aliphatic carbocycles. The maximum absolute atomic E-state index is 12.2. The molecular weight excluding hydrogens is 338 g/mol. The van der Waals surface area contributed by atoms with Crippen molar-refractivity contribution in [2.75, 3.05) is 5.73 Å². The summed E-state index contributed by atoms with van der Waals surface area (Å²) in [5.41, 5.74) is 5.93. The van der Waals surface area contributed by atoms with Gasteiger partial charge in [-0.05, 0) is 19.1 Å². The van der Waals surface area contributed by atoms with Crippen molar-refractivity contribution in [1.82, 2.24) is 19.5 Å². The lowest BCUT2D eigenvalue weighted by atomic mass is 10.2. The average molecular weight is 355 g/mol. The summed E-state index contributed by atoms with van der Waals surface area (Å²) < 4.78 is 1.69. The van der Waals surface area contributed by atoms with Gasteiger partial charge in [0.05, 0.1) is 16.2 Å². The predicted octanol–water partition coefficient (Wildman–Crippen LogP) is 2.10. The number of anilines is 1. The molecule has 3 N–H and O–H groups in total. The van der Waals surface area contributed by atoms with Crippen molar-refractivity contribution in [2.45, 2.75) is 23.9 Å². The van der Waals surface area contributed by atoms with Gasteiger partial charge >= 0.3 is 0 Å². The van der Waals surface area contributed by atoms with Crippen LogP contribution in [-0.2, 0) is 6.54 Å². The monoisotopic (exact) mass is 355 g/mol. The zero-order valence-corrected chi connectivity index (χ0v) is 14.4. The molecule has 3 aromatic rings. The molecule has 1 atom stereocenters. The second kappa shape index (κ2) is 6.94. The number of H-pyrrole nitrogens is 1. The van der Waals surface area contributed by atoms with E-state index < -0.39 is 5.56 Å². The number of nitrogens with zero attached hydrogens (tertiary/aromatic N) is 3. The number of para-hydroxylation sites is 1. The molecule has 0 unspecified atom stereocenters. The summed E-state index contributed by atoms with van der Waals surface area (Å²) in [6.45, 7) is 6.00. The molecule has 128 valence electrons. The lowest BCUT2D eigenvalue weighted by Crippen LogP contribution is -2.18. The van der Waals surface area contributed by atoms with Crippen LogP contribution in [-0.4, -0.2) is 19.5 Å². The van der Waals surface area contributed by atoms with Crippen molar-refractivity contribution >= 4 is 28.5 Å². The number of aromatic nitrogens is 4. The third-order valence-electron chi connectivity index (χ3n) is 3.63. The van der Waals surface area contributed by atoms with Crippen molar-refractivity contribution < 1.29 is 0 Å². The van der Waals surface area contributed by atoms with E-state index in [9.17, 15) is 9.59 Å². The van der Waals surface area contributed by atoms with Gasteiger partial charge in [0.15, 0.2) is 5.16 Å². The zero-order valence-electron chi connectivity index (χ0n) is 13.6. The number of hydrogen-bond donors (Lipinski definition) is 2. The molecule has 0 radical (unpaired) electrons. The average Bonchev–Trinajstić information content (AvgIpc) is 2.58. The van der Waals surface area contributed by atoms with E-state index in [-0.39, 0.29) is 10.8 Å². The normalized spacial score (nSPS) is 12.2. The molecule has 8 heteroatoms. The molecule has 0 fully saturated rings. The Balaban J connectivity index is 2.00. The molecule has 0 aliphatic heterocycles. The second-order valence-electron chi connectivity index (χ2n) is 5.43. The Hall–Kier alpha value is -2.87. The van der Waals surface area contributed by atoms with Gasteiger partial charge in [0, 0.05) is 12.6 Å². The Labute approximate surface area is 147 Å². The van der Waals surface area contributed by atoms with Crippen LogP contribution in [0.1, 0.15) is 18.0 Å². The van der Waals surface area contributed by atoms with Gasteiger partial charge in [-0.2, -0.15) is 4.98 Å². The minimum atomic E-state index is -0.410. The molecule has 0 saturated carbocycles. The first-order chi connectivity index (χ1) is 12.0. The smallest absolute Gasteiger partial charge is 0.275 e. The standard InChI is InChI=1S/C17H17N5O2S/c1-3-8-22-13(18)9-14(23)20-17(22)25-10(2)15-19-12-7-5-4-6-11(12)16(24)21-15/h3-7,9-10H,1,8,18H2,2H3,(H,19,21,24)/t10-/m0/s1. The summed E-state index contributed by atoms with van der Waals surface area (Å²) in [5, 5.41) is 0.754. The van der Waals surface area contributed by atoms with E-state index in [2.05, 4.69) is 21.5 Å². The van der Waals surface area contributed by atoms with Crippen LogP contribution in [0.2, 0.25) is 0 Å². The number of nitrogens with two attached hydrogens (primary N) is 1. The van der Waals surface area contributed by atoms with E-state index in [1.54, 1.807) is 28.8 Å². The minimum Gasteiger partial charge on any atom is -0.385 e. The third-order valence-corrected chi connectivity index (χ3v) is 4.73. The van der Waals surface area contributed by atoms with E-state index in [0.29, 0.717) is 34.2 Å². The highest BCUT2D eigenvalue weighted by molar-refractivity contribution is 7.99. The first-order valence-electron chi connectivity index (χ1n) is 7.63. The first kappa shape index (κ1) is 17.0. The van der Waals surface area contributed by atoms with Gasteiger partial charge in [0.25, 0.3) is 11.1 Å². The topological polar surface area (TPSA) is 107 Å². The lowest BCUT2D eigenvalue weighted by Gasteiger charge is -2.16. The van der Waals surface area contributed by atoms with Crippen LogP contribution in [0.3, 0.4) is 0 Å². The highest BCUT2D eigenvalue weighted by Gasteiger charge is 2.16. The van der Waals surface area contributed by atoms with Crippen molar-refractivity contribution in [3.8, 4) is 0 Å². The molecule has 0 saturated heterocycles. The van der Waals surface area contributed by atoms with Crippen molar-refractivity contribution in [3.63, 3.8) is 0 Å². The van der Waals surface area contributed by atoms with Crippen molar-refractivity contribution in [3.05, 3.63) is 69.5 Å². The van der Waals surface area contributed by atoms with Crippen molar-refractivity contribution in [1.29, 1.82) is 0 Å². The number of benzene rings is 1. The molecule has 0 aliphatic rings. The molecule has 2 aromatic heterocycles. The van der Waals surface area contributed by atoms with Gasteiger partial charge in [-0.15, -0.1) is 6.58 Å². The Morgan fingerprint density at radius 2 is 2.12 bits per heavy atom. The summed E-state index contributed by atoms with van der Waals surface area (Å²) >= 11 is 1.30. The van der Waals surface area contributed by atoms with Crippen LogP contribution in [0.4, 0.5) is 5.82 Å². The van der Waals surface area contributed by atoms with Crippen LogP contribution in [0, 0.1) is 0 Å². The summed E-state index contributed by atoms with van der Waals surface area (Å²) in [5.74, 6) is 0.824. The van der Waals surface area contributed by atoms with Gasteiger partial charge in [-0.3, -0.25) is 9.59 Å². The lowest BCUT2D eigenvalue weighted by molar-refractivity contribution is 0.685. The van der Waals surface area contributed by atoms with Gasteiger partial charge in [0.1, 0.15) is 11.6 Å². The number of fused-ring (bicyclic) bond motifs is 1. The maximum Gasteiger partial charge on any atom is 0.275 e. The quantitative estimate of drug-likeness (QED) is 0.412. The van der Waals surface area contributed by atoms with Gasteiger partial charge in [0.2, 0.25) is 0 Å². The molecular formula is C17H17N5O2S. The number of nitrogen functional groups attached to an aromatic ring is 1. The minimum absolute atomic E-state index is 0.197. The number of allylic oxidation sites excluding steroid dienone is 1. The number of hydrogen-bond acceptors (Lipinski definition) is 6. The second-order valence-corrected chi connectivity index (χ2v) is 6.74. The van der Waals surface area contributed by atoms with Crippen LogP contribution in [0.5, 0.6) is 0 Å². The van der Waals surface area contributed by atoms with Crippen LogP contribution in [0.25, 0.3) is 10.9 Å². The van der Waals surface area contributed by atoms with Crippen LogP contribution < -0.4 is 16.9 Å². The Bertz CT molecular complexity index is 1060. The Morgan fingerprint density at radius 3 is 2.88 bits per heavy atom. The van der Waals surface area contributed by atoms with E-state index in [0.717, 1.165) is 0 Å². The zero-order chi connectivity index (χ0) is 18.0. The fourth-order valence-electron chi connectivity index (χ4n) is 2.42. The van der Waals surface area contributed by atoms with Crippen LogP contribution >= 0.6 is 11.8 Å². The van der Waals surface area contributed by atoms with E-state index in [1.165, 1.54) is 17.8 Å². The number of nitrogens with one attached hydrogen (secondary N) is 1. The predicted molar refractivity (Wildman–Crippen MR) is 99.7 cm³/mol. The summed E-state index contributed by atoms with van der Waals surface area (Å²) in [7, 11) is 0. The largest absolute Gasteiger partial charge is 0.385 e. The summed E-state index contributed by atoms with van der Waals surface area (Å²) in [4.78, 5) is 35.3. The van der Waals surface area contributed by atoms with Crippen molar-refractivity contribution in [2.24, 2.45) is 0 Å². The molecule has 3 rings (SSSR count). The van der Waals surface area contributed by atoms with Gasteiger partial charge in [-0.25, -0.2) is 4.98 Å². The molecule has 1 aromatic carbocycles. The molecule has 0 spiro atoms. The third kappa shape index (κ3) is 3.48. The summed E-state index contributed by atoms with van der Waals surface area (Å²) in [6.07, 6.45) is 1.67. The summed E-state index contributed by atoms with van der Waals surface area (Å²) in [6, 6.07) is 8.41. The van der Waals surface area contributed by atoms with E-state index in [4.69, 9.17) is 5.73 Å². The Kier molecular flexibility index (Phi) is 4.71. The fourth-order valence-corrected chi connectivity index (χ4v) is 3.40. The SMILES string of the molecule is C=CCn1c(N)cc(=O)nc1S[C@@H](C)c1nc2ccccc2c(=O)[nH]1. The molecule has 0 bridgehead atoms. The molecule has 0 amide bonds. The maximum atomic E-state index is 12.2.